The number of benzene rings is 2. The van der Waals surface area contributed by atoms with Crippen molar-refractivity contribution >= 4 is 17.5 Å². The molecule has 3 aromatic rings. The molecule has 1 atom stereocenters. The molecule has 0 unspecified atom stereocenters. The number of fused-ring (bicyclic) bond motifs is 1. The molecule has 2 heterocycles. The second-order valence-corrected chi connectivity index (χ2v) is 6.86. The first-order chi connectivity index (χ1) is 15.1. The van der Waals surface area contributed by atoms with E-state index >= 15 is 0 Å². The lowest BCUT2D eigenvalue weighted by atomic mass is 9.94. The zero-order valence-corrected chi connectivity index (χ0v) is 17.7. The van der Waals surface area contributed by atoms with Gasteiger partial charge in [-0.3, -0.25) is 4.79 Å². The van der Waals surface area contributed by atoms with Gasteiger partial charge in [0.2, 0.25) is 5.95 Å². The van der Waals surface area contributed by atoms with Gasteiger partial charge in [0.05, 0.1) is 32.6 Å². The number of allylic oxidation sites excluding steroid dienone is 1. The van der Waals surface area contributed by atoms with Crippen LogP contribution < -0.4 is 24.8 Å². The molecule has 9 nitrogen and oxygen atoms in total. The Hall–Kier alpha value is -4.01. The van der Waals surface area contributed by atoms with E-state index in [2.05, 4.69) is 20.7 Å². The predicted molar refractivity (Wildman–Crippen MR) is 116 cm³/mol. The monoisotopic (exact) mass is 421 g/mol. The predicted octanol–water partition coefficient (Wildman–Crippen LogP) is 3.23. The van der Waals surface area contributed by atoms with Gasteiger partial charge in [-0.25, -0.2) is 4.68 Å². The van der Waals surface area contributed by atoms with Crippen LogP contribution in [0.25, 0.3) is 0 Å². The Morgan fingerprint density at radius 1 is 1.06 bits per heavy atom. The highest BCUT2D eigenvalue weighted by Crippen LogP contribution is 2.39. The fraction of sp³-hybridized carbons (Fsp3) is 0.227. The zero-order valence-electron chi connectivity index (χ0n) is 17.7. The summed E-state index contributed by atoms with van der Waals surface area (Å²) in [6.07, 6.45) is 1.45. The minimum absolute atomic E-state index is 0.300. The number of amides is 1. The van der Waals surface area contributed by atoms with Gasteiger partial charge in [0.25, 0.3) is 5.91 Å². The first kappa shape index (κ1) is 20.3. The molecule has 160 valence electrons. The Kier molecular flexibility index (Phi) is 5.48. The van der Waals surface area contributed by atoms with E-state index in [0.717, 1.165) is 5.56 Å². The molecule has 1 amide bonds. The highest BCUT2D eigenvalue weighted by Gasteiger charge is 2.35. The lowest BCUT2D eigenvalue weighted by Crippen LogP contribution is -2.31. The molecule has 0 aliphatic carbocycles. The van der Waals surface area contributed by atoms with Crippen molar-refractivity contribution in [3.05, 3.63) is 65.6 Å². The molecule has 9 heteroatoms. The van der Waals surface area contributed by atoms with E-state index in [-0.39, 0.29) is 5.91 Å². The van der Waals surface area contributed by atoms with Crippen LogP contribution in [0.1, 0.15) is 18.5 Å². The molecule has 0 spiro atoms. The lowest BCUT2D eigenvalue weighted by molar-refractivity contribution is -0.113. The Labute approximate surface area is 179 Å². The van der Waals surface area contributed by atoms with Crippen molar-refractivity contribution in [2.24, 2.45) is 0 Å². The minimum Gasteiger partial charge on any atom is -0.497 e. The number of nitrogens with one attached hydrogen (secondary N) is 2. The van der Waals surface area contributed by atoms with Crippen molar-refractivity contribution in [2.45, 2.75) is 13.0 Å². The van der Waals surface area contributed by atoms with Crippen LogP contribution in [0.3, 0.4) is 0 Å². The van der Waals surface area contributed by atoms with Gasteiger partial charge in [-0.05, 0) is 25.1 Å². The Bertz CT molecular complexity index is 1150. The van der Waals surface area contributed by atoms with Gasteiger partial charge < -0.3 is 24.8 Å². The molecule has 1 aliphatic heterocycles. The molecule has 2 N–H and O–H groups in total. The third-order valence-corrected chi connectivity index (χ3v) is 5.13. The van der Waals surface area contributed by atoms with Crippen LogP contribution in [-0.4, -0.2) is 42.0 Å². The maximum atomic E-state index is 13.5. The minimum atomic E-state index is -0.529. The topological polar surface area (TPSA) is 99.5 Å². The summed E-state index contributed by atoms with van der Waals surface area (Å²) in [6, 6.07) is 12.2. The van der Waals surface area contributed by atoms with Crippen LogP contribution in [0, 0.1) is 0 Å². The molecule has 1 aromatic heterocycles. The number of carbonyl (C=O) groups is 1. The summed E-state index contributed by atoms with van der Waals surface area (Å²) in [5.41, 5.74) is 2.47. The smallest absolute Gasteiger partial charge is 0.255 e. The summed E-state index contributed by atoms with van der Waals surface area (Å²) in [5.74, 6) is 2.02. The van der Waals surface area contributed by atoms with E-state index in [0.29, 0.717) is 40.2 Å². The first-order valence-electron chi connectivity index (χ1n) is 9.61. The molecule has 1 aliphatic rings. The second kappa shape index (κ2) is 8.39. The number of hydrogen-bond acceptors (Lipinski definition) is 7. The van der Waals surface area contributed by atoms with Crippen LogP contribution >= 0.6 is 0 Å². The summed E-state index contributed by atoms with van der Waals surface area (Å²) < 4.78 is 17.9. The quantitative estimate of drug-likeness (QED) is 0.630. The SMILES string of the molecule is COc1ccc(NC(=O)C2=C(C)Nc3ncnn3[C@@H]2c2ccccc2OC)c(OC)c1. The van der Waals surface area contributed by atoms with Gasteiger partial charge in [0, 0.05) is 17.3 Å². The normalized spacial score (nSPS) is 15.0. The van der Waals surface area contributed by atoms with Crippen molar-refractivity contribution in [3.63, 3.8) is 0 Å². The fourth-order valence-electron chi connectivity index (χ4n) is 3.66. The number of nitrogens with zero attached hydrogens (tertiary/aromatic N) is 3. The van der Waals surface area contributed by atoms with Crippen molar-refractivity contribution in [3.8, 4) is 17.2 Å². The summed E-state index contributed by atoms with van der Waals surface area (Å²) in [4.78, 5) is 17.8. The first-order valence-corrected chi connectivity index (χ1v) is 9.61. The number of rotatable bonds is 6. The van der Waals surface area contributed by atoms with Gasteiger partial charge in [-0.15, -0.1) is 0 Å². The number of anilines is 2. The third-order valence-electron chi connectivity index (χ3n) is 5.13. The van der Waals surface area contributed by atoms with Crippen molar-refractivity contribution in [1.82, 2.24) is 14.8 Å². The van der Waals surface area contributed by atoms with Crippen molar-refractivity contribution in [2.75, 3.05) is 32.0 Å². The van der Waals surface area contributed by atoms with E-state index < -0.39 is 6.04 Å². The van der Waals surface area contributed by atoms with Crippen LogP contribution in [0.5, 0.6) is 17.2 Å². The fourth-order valence-corrected chi connectivity index (χ4v) is 3.66. The van der Waals surface area contributed by atoms with Crippen LogP contribution in [0.2, 0.25) is 0 Å². The van der Waals surface area contributed by atoms with E-state index in [1.807, 2.05) is 31.2 Å². The van der Waals surface area contributed by atoms with Gasteiger partial charge in [0.15, 0.2) is 0 Å². The zero-order chi connectivity index (χ0) is 22.0. The number of aromatic nitrogens is 3. The van der Waals surface area contributed by atoms with Crippen molar-refractivity contribution in [1.29, 1.82) is 0 Å². The number of carbonyl (C=O) groups excluding carboxylic acids is 1. The molecule has 0 saturated carbocycles. The summed E-state index contributed by atoms with van der Waals surface area (Å²) >= 11 is 0. The highest BCUT2D eigenvalue weighted by atomic mass is 16.5. The molecule has 2 aromatic carbocycles. The molecular formula is C22H23N5O4. The third kappa shape index (κ3) is 3.65. The van der Waals surface area contributed by atoms with E-state index in [1.54, 1.807) is 37.1 Å². The average Bonchev–Trinajstić information content (AvgIpc) is 3.26. The highest BCUT2D eigenvalue weighted by molar-refractivity contribution is 6.06. The summed E-state index contributed by atoms with van der Waals surface area (Å²) in [7, 11) is 4.71. The number of hydrogen-bond donors (Lipinski definition) is 2. The number of para-hydroxylation sites is 1. The van der Waals surface area contributed by atoms with Gasteiger partial charge in [-0.2, -0.15) is 10.1 Å². The standard InChI is InChI=1S/C22H23N5O4/c1-13-19(21(28)26-16-10-9-14(29-2)11-18(16)31-4)20(27-22(25-13)23-12-24-27)15-7-5-6-8-17(15)30-3/h5-12,20H,1-4H3,(H,26,28)(H,23,24,25)/t20-/m1/s1. The van der Waals surface area contributed by atoms with E-state index in [9.17, 15) is 4.79 Å². The molecule has 0 bridgehead atoms. The Balaban J connectivity index is 1.77. The van der Waals surface area contributed by atoms with Gasteiger partial charge in [-0.1, -0.05) is 18.2 Å². The molecule has 0 radical (unpaired) electrons. The van der Waals surface area contributed by atoms with Crippen LogP contribution in [0.4, 0.5) is 11.6 Å². The maximum absolute atomic E-state index is 13.5. The van der Waals surface area contributed by atoms with Crippen LogP contribution in [0.15, 0.2) is 60.1 Å². The van der Waals surface area contributed by atoms with Gasteiger partial charge >= 0.3 is 0 Å². The van der Waals surface area contributed by atoms with Crippen LogP contribution in [-0.2, 0) is 4.79 Å². The Morgan fingerprint density at radius 2 is 1.84 bits per heavy atom. The molecule has 4 rings (SSSR count). The largest absolute Gasteiger partial charge is 0.497 e. The molecular weight excluding hydrogens is 398 g/mol. The van der Waals surface area contributed by atoms with E-state index in [4.69, 9.17) is 14.2 Å². The molecule has 0 saturated heterocycles. The molecule has 0 fully saturated rings. The second-order valence-electron chi connectivity index (χ2n) is 6.86. The molecule has 31 heavy (non-hydrogen) atoms. The lowest BCUT2D eigenvalue weighted by Gasteiger charge is -2.29. The number of methoxy groups -OCH3 is 3. The van der Waals surface area contributed by atoms with Crippen molar-refractivity contribution < 1.29 is 19.0 Å². The Morgan fingerprint density at radius 3 is 2.58 bits per heavy atom. The summed E-state index contributed by atoms with van der Waals surface area (Å²) in [6.45, 7) is 1.83. The van der Waals surface area contributed by atoms with E-state index in [1.165, 1.54) is 13.4 Å². The van der Waals surface area contributed by atoms with Gasteiger partial charge in [0.1, 0.15) is 29.6 Å². The summed E-state index contributed by atoms with van der Waals surface area (Å²) in [5, 5.41) is 10.5. The average molecular weight is 421 g/mol. The maximum Gasteiger partial charge on any atom is 0.255 e. The number of ether oxygens (including phenoxy) is 3.